The van der Waals surface area contributed by atoms with Crippen LogP contribution in [0, 0.1) is 17.4 Å². The normalized spacial score (nSPS) is 10.0. The number of nitriles is 1. The topological polar surface area (TPSA) is 23.8 Å². The van der Waals surface area contributed by atoms with Crippen molar-refractivity contribution in [3.05, 3.63) is 47.5 Å². The van der Waals surface area contributed by atoms with Crippen molar-refractivity contribution in [1.82, 2.24) is 0 Å². The zero-order valence-electron chi connectivity index (χ0n) is 8.04. The van der Waals surface area contributed by atoms with E-state index in [9.17, 15) is 0 Å². The molecule has 67 valence electrons. The van der Waals surface area contributed by atoms with Crippen molar-refractivity contribution in [3.63, 3.8) is 0 Å². The zero-order chi connectivity index (χ0) is 9.97. The van der Waals surface area contributed by atoms with Gasteiger partial charge in [0.1, 0.15) is 0 Å². The highest BCUT2D eigenvalue weighted by Gasteiger charge is 2.02. The van der Waals surface area contributed by atoms with E-state index in [0.717, 1.165) is 28.3 Å². The van der Waals surface area contributed by atoms with Crippen molar-refractivity contribution in [3.8, 4) is 6.07 Å². The smallest absolute Gasteiger partial charge is 0.0994 e. The molecule has 1 radical (unpaired) electrons. The monoisotopic (exact) mass is 180 g/mol. The summed E-state index contributed by atoms with van der Waals surface area (Å²) < 4.78 is 0. The summed E-state index contributed by atoms with van der Waals surface area (Å²) in [7, 11) is 0. The molecule has 0 saturated heterocycles. The van der Waals surface area contributed by atoms with E-state index in [1.165, 1.54) is 0 Å². The van der Waals surface area contributed by atoms with Crippen molar-refractivity contribution in [2.24, 2.45) is 0 Å². The van der Waals surface area contributed by atoms with Crippen LogP contribution in [0.15, 0.2) is 30.3 Å². The molecule has 2 rings (SSSR count). The number of hydrogen-bond donors (Lipinski definition) is 0. The zero-order valence-corrected chi connectivity index (χ0v) is 8.04. The maximum Gasteiger partial charge on any atom is 0.0994 e. The van der Waals surface area contributed by atoms with Crippen LogP contribution in [0.5, 0.6) is 0 Å². The molecule has 2 aromatic carbocycles. The van der Waals surface area contributed by atoms with Crippen LogP contribution < -0.4 is 0 Å². The molecule has 0 unspecified atom stereocenters. The fourth-order valence-electron chi connectivity index (χ4n) is 1.59. The van der Waals surface area contributed by atoms with E-state index < -0.39 is 0 Å². The molecule has 0 N–H and O–H groups in total. The van der Waals surface area contributed by atoms with Crippen molar-refractivity contribution >= 4 is 10.8 Å². The van der Waals surface area contributed by atoms with Crippen LogP contribution in [0.2, 0.25) is 0 Å². The lowest BCUT2D eigenvalue weighted by molar-refractivity contribution is 1.13. The van der Waals surface area contributed by atoms with Crippen LogP contribution in [0.25, 0.3) is 10.8 Å². The van der Waals surface area contributed by atoms with Gasteiger partial charge in [-0.25, -0.2) is 0 Å². The van der Waals surface area contributed by atoms with Crippen molar-refractivity contribution in [1.29, 1.82) is 5.26 Å². The first kappa shape index (κ1) is 8.77. The van der Waals surface area contributed by atoms with E-state index in [4.69, 9.17) is 5.26 Å². The second-order valence-electron chi connectivity index (χ2n) is 3.21. The number of fused-ring (bicyclic) bond motifs is 1. The predicted molar refractivity (Wildman–Crippen MR) is 56.9 cm³/mol. The molecule has 0 heterocycles. The second-order valence-corrected chi connectivity index (χ2v) is 3.21. The van der Waals surface area contributed by atoms with Gasteiger partial charge in [-0.3, -0.25) is 0 Å². The number of hydrogen-bond acceptors (Lipinski definition) is 1. The Morgan fingerprint density at radius 3 is 2.86 bits per heavy atom. The van der Waals surface area contributed by atoms with Crippen molar-refractivity contribution in [2.75, 3.05) is 0 Å². The minimum absolute atomic E-state index is 0.742. The maximum absolute atomic E-state index is 8.94. The Hall–Kier alpha value is -1.81. The summed E-state index contributed by atoms with van der Waals surface area (Å²) in [5.74, 6) is 0. The Balaban J connectivity index is 2.77. The van der Waals surface area contributed by atoms with E-state index in [1.54, 1.807) is 0 Å². The lowest BCUT2D eigenvalue weighted by Crippen LogP contribution is -1.88. The van der Waals surface area contributed by atoms with Gasteiger partial charge in [0.25, 0.3) is 0 Å². The van der Waals surface area contributed by atoms with Gasteiger partial charge in [0, 0.05) is 0 Å². The van der Waals surface area contributed by atoms with Crippen LogP contribution >= 0.6 is 0 Å². The lowest BCUT2D eigenvalue weighted by Gasteiger charge is -2.02. The molecule has 0 bridgehead atoms. The van der Waals surface area contributed by atoms with Crippen LogP contribution in [-0.2, 0) is 6.42 Å². The molecule has 0 amide bonds. The SMILES string of the molecule is CCc1[c]c2ccccc2cc1C#N. The van der Waals surface area contributed by atoms with E-state index in [2.05, 4.69) is 12.1 Å². The Morgan fingerprint density at radius 2 is 2.14 bits per heavy atom. The Kier molecular flexibility index (Phi) is 2.20. The van der Waals surface area contributed by atoms with E-state index in [-0.39, 0.29) is 0 Å². The fourth-order valence-corrected chi connectivity index (χ4v) is 1.59. The molecule has 0 atom stereocenters. The van der Waals surface area contributed by atoms with Crippen molar-refractivity contribution in [2.45, 2.75) is 13.3 Å². The highest BCUT2D eigenvalue weighted by Crippen LogP contribution is 2.19. The molecule has 1 heteroatoms. The number of aryl methyl sites for hydroxylation is 1. The molecule has 0 spiro atoms. The van der Waals surface area contributed by atoms with Gasteiger partial charge in [-0.1, -0.05) is 31.2 Å². The largest absolute Gasteiger partial charge is 0.192 e. The minimum Gasteiger partial charge on any atom is -0.192 e. The predicted octanol–water partition coefficient (Wildman–Crippen LogP) is 3.07. The van der Waals surface area contributed by atoms with E-state index >= 15 is 0 Å². The molecule has 2 aromatic rings. The third-order valence-corrected chi connectivity index (χ3v) is 2.35. The summed E-state index contributed by atoms with van der Waals surface area (Å²) in [6, 6.07) is 15.4. The molecule has 0 fully saturated rings. The summed E-state index contributed by atoms with van der Waals surface area (Å²) in [6.45, 7) is 2.04. The van der Waals surface area contributed by atoms with E-state index in [0.29, 0.717) is 0 Å². The number of rotatable bonds is 1. The standard InChI is InChI=1S/C13H10N/c1-2-10-7-11-5-3-4-6-12(11)8-13(10)9-14/h3-6,8H,2H2,1H3. The first-order chi connectivity index (χ1) is 6.85. The first-order valence-electron chi connectivity index (χ1n) is 4.69. The third kappa shape index (κ3) is 1.36. The third-order valence-electron chi connectivity index (χ3n) is 2.35. The van der Waals surface area contributed by atoms with Crippen LogP contribution in [0.1, 0.15) is 18.1 Å². The number of nitrogens with zero attached hydrogens (tertiary/aromatic N) is 1. The molecular formula is C13H10N. The molecule has 0 saturated carbocycles. The quantitative estimate of drug-likeness (QED) is 0.661. The second kappa shape index (κ2) is 3.51. The van der Waals surface area contributed by atoms with Gasteiger partial charge < -0.3 is 0 Å². The molecule has 0 aliphatic rings. The van der Waals surface area contributed by atoms with Gasteiger partial charge in [0.2, 0.25) is 0 Å². The molecular weight excluding hydrogens is 170 g/mol. The average molecular weight is 180 g/mol. The molecule has 0 aliphatic carbocycles. The van der Waals surface area contributed by atoms with Crippen LogP contribution in [0.3, 0.4) is 0 Å². The highest BCUT2D eigenvalue weighted by molar-refractivity contribution is 5.84. The lowest BCUT2D eigenvalue weighted by atomic mass is 10.0. The Bertz CT molecular complexity index is 506. The summed E-state index contributed by atoms with van der Waals surface area (Å²) in [5, 5.41) is 11.1. The number of benzene rings is 2. The molecule has 0 aliphatic heterocycles. The molecule has 14 heavy (non-hydrogen) atoms. The van der Waals surface area contributed by atoms with Gasteiger partial charge in [-0.05, 0) is 34.9 Å². The van der Waals surface area contributed by atoms with Gasteiger partial charge in [0.05, 0.1) is 11.6 Å². The van der Waals surface area contributed by atoms with Crippen molar-refractivity contribution < 1.29 is 0 Å². The first-order valence-corrected chi connectivity index (χ1v) is 4.69. The van der Waals surface area contributed by atoms with Gasteiger partial charge >= 0.3 is 0 Å². The van der Waals surface area contributed by atoms with Crippen LogP contribution in [0.4, 0.5) is 0 Å². The van der Waals surface area contributed by atoms with Gasteiger partial charge in [0.15, 0.2) is 0 Å². The summed E-state index contributed by atoms with van der Waals surface area (Å²) in [5.41, 5.74) is 1.75. The minimum atomic E-state index is 0.742. The van der Waals surface area contributed by atoms with Gasteiger partial charge in [-0.2, -0.15) is 5.26 Å². The average Bonchev–Trinajstić information content (AvgIpc) is 2.27. The van der Waals surface area contributed by atoms with Crippen LogP contribution in [-0.4, -0.2) is 0 Å². The van der Waals surface area contributed by atoms with Gasteiger partial charge in [-0.15, -0.1) is 0 Å². The highest BCUT2D eigenvalue weighted by atomic mass is 14.2. The molecule has 0 aromatic heterocycles. The summed E-state index contributed by atoms with van der Waals surface area (Å²) in [4.78, 5) is 0. The summed E-state index contributed by atoms with van der Waals surface area (Å²) >= 11 is 0. The Morgan fingerprint density at radius 1 is 1.36 bits per heavy atom. The summed E-state index contributed by atoms with van der Waals surface area (Å²) in [6.07, 6.45) is 0.855. The maximum atomic E-state index is 8.94. The van der Waals surface area contributed by atoms with E-state index in [1.807, 2.05) is 37.3 Å². The molecule has 1 nitrogen and oxygen atoms in total. The fraction of sp³-hybridized carbons (Fsp3) is 0.154. The Labute approximate surface area is 83.6 Å².